The van der Waals surface area contributed by atoms with Crippen molar-refractivity contribution in [2.45, 2.75) is 52.8 Å². The number of nitrogens with zero attached hydrogens (tertiary/aromatic N) is 2. The summed E-state index contributed by atoms with van der Waals surface area (Å²) in [6.07, 6.45) is -1.02. The third-order valence-electron chi connectivity index (χ3n) is 3.26. The van der Waals surface area contributed by atoms with E-state index in [0.717, 1.165) is 0 Å². The van der Waals surface area contributed by atoms with Crippen molar-refractivity contribution < 1.29 is 14.3 Å². The van der Waals surface area contributed by atoms with Crippen molar-refractivity contribution >= 4 is 52.4 Å². The molecule has 0 fully saturated rings. The number of carbonyl (C=O) groups is 2. The molecule has 0 aliphatic carbocycles. The predicted molar refractivity (Wildman–Crippen MR) is 95.7 cm³/mol. The lowest BCUT2D eigenvalue weighted by Crippen LogP contribution is -2.47. The molecule has 24 heavy (non-hydrogen) atoms. The van der Waals surface area contributed by atoms with E-state index in [1.165, 1.54) is 6.92 Å². The zero-order valence-corrected chi connectivity index (χ0v) is 16.3. The van der Waals surface area contributed by atoms with E-state index in [-0.39, 0.29) is 44.6 Å². The van der Waals surface area contributed by atoms with Crippen LogP contribution in [-0.2, 0) is 9.53 Å². The van der Waals surface area contributed by atoms with Crippen molar-refractivity contribution in [3.63, 3.8) is 0 Å². The van der Waals surface area contributed by atoms with E-state index in [4.69, 9.17) is 45.3 Å². The summed E-state index contributed by atoms with van der Waals surface area (Å²) in [4.78, 5) is 30.2. The molecule has 0 aliphatic rings. The van der Waals surface area contributed by atoms with Gasteiger partial charge >= 0.3 is 5.97 Å². The zero-order chi connectivity index (χ0) is 18.8. The first-order valence-electron chi connectivity index (χ1n) is 7.32. The molecule has 1 rings (SSSR count). The van der Waals surface area contributed by atoms with Crippen LogP contribution in [-0.4, -0.2) is 39.9 Å². The Morgan fingerprint density at radius 2 is 1.54 bits per heavy atom. The van der Waals surface area contributed by atoms with Gasteiger partial charge < -0.3 is 15.4 Å². The van der Waals surface area contributed by atoms with Crippen LogP contribution in [0.4, 0.5) is 5.69 Å². The molecule has 1 heterocycles. The molecule has 1 aromatic heterocycles. The molecule has 2 N–H and O–H groups in total. The van der Waals surface area contributed by atoms with E-state index in [0.29, 0.717) is 0 Å². The van der Waals surface area contributed by atoms with Gasteiger partial charge in [-0.2, -0.15) is 0 Å². The van der Waals surface area contributed by atoms with Gasteiger partial charge in [0.15, 0.2) is 17.0 Å². The molecule has 0 aromatic carbocycles. The van der Waals surface area contributed by atoms with E-state index < -0.39 is 12.1 Å². The molecule has 6 nitrogen and oxygen atoms in total. The predicted octanol–water partition coefficient (Wildman–Crippen LogP) is 3.81. The summed E-state index contributed by atoms with van der Waals surface area (Å²) in [6, 6.07) is -0.0815. The number of amides is 1. The van der Waals surface area contributed by atoms with Crippen LogP contribution in [0.3, 0.4) is 0 Å². The highest BCUT2D eigenvalue weighted by Gasteiger charge is 2.29. The molecule has 1 unspecified atom stereocenters. The lowest BCUT2D eigenvalue weighted by Gasteiger charge is -2.32. The Morgan fingerprint density at radius 3 is 2.00 bits per heavy atom. The number of hydrogen-bond donors (Lipinski definition) is 1. The summed E-state index contributed by atoms with van der Waals surface area (Å²) in [7, 11) is 0. The SMILES string of the molecule is CC(OC(=O)c1nc(Cl)c(Cl)c(N)c1Cl)C(=O)N(C(C)C)C(C)C. The van der Waals surface area contributed by atoms with E-state index in [1.807, 2.05) is 27.7 Å². The summed E-state index contributed by atoms with van der Waals surface area (Å²) in [6.45, 7) is 9.00. The van der Waals surface area contributed by atoms with E-state index in [1.54, 1.807) is 4.90 Å². The van der Waals surface area contributed by atoms with Gasteiger partial charge in [0.25, 0.3) is 5.91 Å². The lowest BCUT2D eigenvalue weighted by molar-refractivity contribution is -0.143. The standard InChI is InChI=1S/C15H20Cl3N3O3/c1-6(2)21(7(3)4)14(22)8(5)24-15(23)12-9(16)11(19)10(17)13(18)20-12/h6-8H,1-5H3,(H2,19,20). The lowest BCUT2D eigenvalue weighted by atomic mass is 10.2. The molecular formula is C15H20Cl3N3O3. The fourth-order valence-corrected chi connectivity index (χ4v) is 2.83. The van der Waals surface area contributed by atoms with Crippen LogP contribution in [0.25, 0.3) is 0 Å². The quantitative estimate of drug-likeness (QED) is 0.604. The monoisotopic (exact) mass is 395 g/mol. The number of esters is 1. The summed E-state index contributed by atoms with van der Waals surface area (Å²) in [5, 5.41) is -0.387. The molecule has 0 radical (unpaired) electrons. The first-order chi connectivity index (χ1) is 11.0. The maximum absolute atomic E-state index is 12.5. The Labute approximate surface area is 156 Å². The summed E-state index contributed by atoms with van der Waals surface area (Å²) in [5.41, 5.74) is 5.31. The second kappa shape index (κ2) is 8.23. The molecule has 0 bridgehead atoms. The van der Waals surface area contributed by atoms with Crippen LogP contribution >= 0.6 is 34.8 Å². The second-order valence-electron chi connectivity index (χ2n) is 5.77. The van der Waals surface area contributed by atoms with Crippen molar-refractivity contribution in [1.29, 1.82) is 0 Å². The number of pyridine rings is 1. The van der Waals surface area contributed by atoms with Crippen LogP contribution in [0.15, 0.2) is 0 Å². The number of ether oxygens (including phenoxy) is 1. The fourth-order valence-electron chi connectivity index (χ4n) is 2.25. The number of nitrogens with two attached hydrogens (primary N) is 1. The summed E-state index contributed by atoms with van der Waals surface area (Å²) in [5.74, 6) is -1.23. The van der Waals surface area contributed by atoms with Crippen LogP contribution < -0.4 is 5.73 Å². The number of rotatable bonds is 5. The van der Waals surface area contributed by atoms with Crippen LogP contribution in [0.5, 0.6) is 0 Å². The van der Waals surface area contributed by atoms with Gasteiger partial charge in [-0.25, -0.2) is 9.78 Å². The topological polar surface area (TPSA) is 85.5 Å². The Hall–Kier alpha value is -1.24. The van der Waals surface area contributed by atoms with E-state index in [2.05, 4.69) is 4.98 Å². The van der Waals surface area contributed by atoms with Gasteiger partial charge in [-0.05, 0) is 34.6 Å². The highest BCUT2D eigenvalue weighted by Crippen LogP contribution is 2.34. The second-order valence-corrected chi connectivity index (χ2v) is 6.89. The number of anilines is 1. The molecule has 1 atom stereocenters. The van der Waals surface area contributed by atoms with Crippen molar-refractivity contribution in [2.75, 3.05) is 5.73 Å². The normalized spacial score (nSPS) is 12.4. The highest BCUT2D eigenvalue weighted by molar-refractivity contribution is 6.46. The van der Waals surface area contributed by atoms with Crippen molar-refractivity contribution in [3.8, 4) is 0 Å². The minimum atomic E-state index is -1.02. The number of hydrogen-bond acceptors (Lipinski definition) is 5. The first-order valence-corrected chi connectivity index (χ1v) is 8.45. The molecular weight excluding hydrogens is 377 g/mol. The average Bonchev–Trinajstić information content (AvgIpc) is 2.47. The third-order valence-corrected chi connectivity index (χ3v) is 4.40. The molecule has 0 saturated heterocycles. The Balaban J connectivity index is 3.02. The first kappa shape index (κ1) is 20.8. The van der Waals surface area contributed by atoms with E-state index >= 15 is 0 Å². The maximum Gasteiger partial charge on any atom is 0.359 e. The van der Waals surface area contributed by atoms with Crippen molar-refractivity contribution in [2.24, 2.45) is 0 Å². The smallest absolute Gasteiger partial charge is 0.359 e. The van der Waals surface area contributed by atoms with E-state index in [9.17, 15) is 9.59 Å². The zero-order valence-electron chi connectivity index (χ0n) is 14.1. The summed E-state index contributed by atoms with van der Waals surface area (Å²) < 4.78 is 5.18. The van der Waals surface area contributed by atoms with Gasteiger partial charge in [0, 0.05) is 12.1 Å². The molecule has 0 spiro atoms. The number of carbonyl (C=O) groups excluding carboxylic acids is 2. The van der Waals surface area contributed by atoms with Crippen LogP contribution in [0.1, 0.15) is 45.1 Å². The highest BCUT2D eigenvalue weighted by atomic mass is 35.5. The minimum Gasteiger partial charge on any atom is -0.448 e. The number of aromatic nitrogens is 1. The van der Waals surface area contributed by atoms with Gasteiger partial charge in [0.05, 0.1) is 10.7 Å². The molecule has 0 aliphatic heterocycles. The maximum atomic E-state index is 12.5. The molecule has 134 valence electrons. The molecule has 0 saturated carbocycles. The Morgan fingerprint density at radius 1 is 1.04 bits per heavy atom. The van der Waals surface area contributed by atoms with Gasteiger partial charge in [0.1, 0.15) is 5.02 Å². The summed E-state index contributed by atoms with van der Waals surface area (Å²) >= 11 is 17.6. The fraction of sp³-hybridized carbons (Fsp3) is 0.533. The van der Waals surface area contributed by atoms with Gasteiger partial charge in [0.2, 0.25) is 0 Å². The Bertz CT molecular complexity index is 643. The number of halogens is 3. The van der Waals surface area contributed by atoms with Crippen LogP contribution in [0.2, 0.25) is 15.2 Å². The van der Waals surface area contributed by atoms with Crippen molar-refractivity contribution in [1.82, 2.24) is 9.88 Å². The third kappa shape index (κ3) is 4.43. The molecule has 9 heteroatoms. The van der Waals surface area contributed by atoms with Crippen molar-refractivity contribution in [3.05, 3.63) is 20.9 Å². The van der Waals surface area contributed by atoms with Gasteiger partial charge in [-0.15, -0.1) is 0 Å². The van der Waals surface area contributed by atoms with Gasteiger partial charge in [-0.1, -0.05) is 34.8 Å². The molecule has 1 amide bonds. The minimum absolute atomic E-state index is 0.0408. The average molecular weight is 397 g/mol. The number of nitrogen functional groups attached to an aromatic ring is 1. The molecule has 1 aromatic rings. The van der Waals surface area contributed by atoms with Gasteiger partial charge in [-0.3, -0.25) is 4.79 Å². The largest absolute Gasteiger partial charge is 0.448 e. The Kier molecular flexibility index (Phi) is 7.13. The van der Waals surface area contributed by atoms with Crippen LogP contribution in [0, 0.1) is 0 Å².